The minimum absolute atomic E-state index is 0. The summed E-state index contributed by atoms with van der Waals surface area (Å²) in [7, 11) is 0. The van der Waals surface area contributed by atoms with Gasteiger partial charge in [0.25, 0.3) is 0 Å². The second kappa shape index (κ2) is 6.89. The second-order valence-electron chi connectivity index (χ2n) is 10.00. The Hall–Kier alpha value is -0.300. The van der Waals surface area contributed by atoms with Crippen molar-refractivity contribution in [3.05, 3.63) is 0 Å². The zero-order valence-electron chi connectivity index (χ0n) is 16.3. The molecule has 4 fully saturated rings. The number of carbonyl (C=O) groups excluding carboxylic acids is 2. The number of halogens is 1. The van der Waals surface area contributed by atoms with Crippen LogP contribution in [0.4, 0.5) is 0 Å². The standard InChI is InChI=1S/C21H32O5.BrH/c1-19-7-5-13(23)9-12(19)3-4-14-15-6-8-21(26,17(25)11-22)20(15,2)10-16(24)18(14)19;/h12-15,18,22-23,26H,3-11H2,1-2H3;1H/t12-,13-,14+,15+,18-,19+,20+,21+;/m1./s1. The minimum atomic E-state index is -1.58. The van der Waals surface area contributed by atoms with Crippen molar-refractivity contribution in [3.8, 4) is 0 Å². The zero-order chi connectivity index (χ0) is 18.9. The van der Waals surface area contributed by atoms with E-state index < -0.39 is 23.4 Å². The molecule has 0 aromatic carbocycles. The molecule has 4 aliphatic carbocycles. The number of carbonyl (C=O) groups is 2. The Kier molecular flexibility index (Phi) is 5.46. The summed E-state index contributed by atoms with van der Waals surface area (Å²) in [4.78, 5) is 25.7. The molecule has 0 spiro atoms. The van der Waals surface area contributed by atoms with Crippen LogP contribution < -0.4 is 0 Å². The zero-order valence-corrected chi connectivity index (χ0v) is 18.0. The van der Waals surface area contributed by atoms with Gasteiger partial charge in [-0.3, -0.25) is 9.59 Å². The van der Waals surface area contributed by atoms with Crippen LogP contribution in [0.1, 0.15) is 65.2 Å². The number of rotatable bonds is 2. The third-order valence-electron chi connectivity index (χ3n) is 9.08. The molecule has 0 aliphatic heterocycles. The maximum Gasteiger partial charge on any atom is 0.190 e. The molecule has 0 aromatic rings. The lowest BCUT2D eigenvalue weighted by Gasteiger charge is -2.60. The van der Waals surface area contributed by atoms with Gasteiger partial charge in [0.05, 0.1) is 6.10 Å². The maximum absolute atomic E-state index is 13.4. The van der Waals surface area contributed by atoms with Gasteiger partial charge in [0, 0.05) is 17.8 Å². The first-order valence-corrected chi connectivity index (χ1v) is 10.2. The molecule has 5 nitrogen and oxygen atoms in total. The Morgan fingerprint density at radius 3 is 2.52 bits per heavy atom. The summed E-state index contributed by atoms with van der Waals surface area (Å²) in [5, 5.41) is 30.6. The third kappa shape index (κ3) is 2.73. The fraction of sp³-hybridized carbons (Fsp3) is 0.905. The second-order valence-corrected chi connectivity index (χ2v) is 10.00. The first kappa shape index (κ1) is 21.4. The largest absolute Gasteiger partial charge is 0.393 e. The van der Waals surface area contributed by atoms with E-state index in [9.17, 15) is 24.9 Å². The molecule has 0 saturated heterocycles. The van der Waals surface area contributed by atoms with Crippen molar-refractivity contribution in [1.29, 1.82) is 0 Å². The molecule has 3 N–H and O–H groups in total. The van der Waals surface area contributed by atoms with E-state index in [1.54, 1.807) is 0 Å². The molecule has 0 bridgehead atoms. The van der Waals surface area contributed by atoms with Crippen molar-refractivity contribution in [1.82, 2.24) is 0 Å². The number of Topliss-reactive ketones (excluding diaryl/α,β-unsaturated/α-hetero) is 2. The summed E-state index contributed by atoms with van der Waals surface area (Å²) in [5.74, 6) is 0.380. The van der Waals surface area contributed by atoms with Crippen molar-refractivity contribution >= 4 is 28.5 Å². The smallest absolute Gasteiger partial charge is 0.190 e. The van der Waals surface area contributed by atoms with E-state index in [1.807, 2.05) is 6.92 Å². The van der Waals surface area contributed by atoms with E-state index in [4.69, 9.17) is 0 Å². The number of fused-ring (bicyclic) bond motifs is 5. The molecule has 154 valence electrons. The molecular weight excluding hydrogens is 412 g/mol. The first-order chi connectivity index (χ1) is 12.2. The Morgan fingerprint density at radius 1 is 1.15 bits per heavy atom. The van der Waals surface area contributed by atoms with Crippen LogP contribution in [-0.4, -0.2) is 45.2 Å². The molecule has 0 unspecified atom stereocenters. The van der Waals surface area contributed by atoms with Gasteiger partial charge in [-0.15, -0.1) is 17.0 Å². The van der Waals surface area contributed by atoms with Crippen LogP contribution in [-0.2, 0) is 9.59 Å². The number of aliphatic hydroxyl groups excluding tert-OH is 2. The van der Waals surface area contributed by atoms with E-state index >= 15 is 0 Å². The van der Waals surface area contributed by atoms with E-state index in [2.05, 4.69) is 6.92 Å². The van der Waals surface area contributed by atoms with Crippen LogP contribution in [0.3, 0.4) is 0 Å². The predicted molar refractivity (Wildman–Crippen MR) is 105 cm³/mol. The van der Waals surface area contributed by atoms with Gasteiger partial charge in [0.1, 0.15) is 18.0 Å². The highest BCUT2D eigenvalue weighted by Crippen LogP contribution is 2.67. The Balaban J connectivity index is 0.00000210. The molecule has 27 heavy (non-hydrogen) atoms. The van der Waals surface area contributed by atoms with Crippen LogP contribution in [0, 0.1) is 34.5 Å². The number of hydrogen-bond donors (Lipinski definition) is 3. The highest BCUT2D eigenvalue weighted by molar-refractivity contribution is 8.93. The molecular formula is C21H33BrO5. The summed E-state index contributed by atoms with van der Waals surface area (Å²) >= 11 is 0. The van der Waals surface area contributed by atoms with Crippen molar-refractivity contribution in [3.63, 3.8) is 0 Å². The van der Waals surface area contributed by atoms with Crippen LogP contribution >= 0.6 is 17.0 Å². The number of ketones is 2. The lowest BCUT2D eigenvalue weighted by atomic mass is 9.44. The lowest BCUT2D eigenvalue weighted by Crippen LogP contribution is -2.62. The lowest BCUT2D eigenvalue weighted by molar-refractivity contribution is -0.180. The van der Waals surface area contributed by atoms with Gasteiger partial charge in [-0.25, -0.2) is 0 Å². The van der Waals surface area contributed by atoms with Crippen molar-refractivity contribution in [2.45, 2.75) is 76.9 Å². The van der Waals surface area contributed by atoms with Crippen LogP contribution in [0.5, 0.6) is 0 Å². The summed E-state index contributed by atoms with van der Waals surface area (Å²) < 4.78 is 0. The van der Waals surface area contributed by atoms with Gasteiger partial charge >= 0.3 is 0 Å². The average Bonchev–Trinajstić information content (AvgIpc) is 2.86. The van der Waals surface area contributed by atoms with Gasteiger partial charge in [-0.05, 0) is 68.1 Å². The van der Waals surface area contributed by atoms with Crippen molar-refractivity contribution in [2.75, 3.05) is 6.61 Å². The first-order valence-electron chi connectivity index (χ1n) is 10.2. The highest BCUT2D eigenvalue weighted by atomic mass is 79.9. The monoisotopic (exact) mass is 444 g/mol. The maximum atomic E-state index is 13.4. The molecule has 0 radical (unpaired) electrons. The van der Waals surface area contributed by atoms with E-state index in [0.29, 0.717) is 12.3 Å². The van der Waals surface area contributed by atoms with Gasteiger partial charge in [0.15, 0.2) is 5.78 Å². The molecule has 8 atom stereocenters. The summed E-state index contributed by atoms with van der Waals surface area (Å²) in [6.45, 7) is 3.46. The van der Waals surface area contributed by atoms with E-state index in [-0.39, 0.29) is 58.5 Å². The number of aliphatic hydroxyl groups is 3. The molecule has 0 amide bonds. The van der Waals surface area contributed by atoms with Crippen LogP contribution in [0.25, 0.3) is 0 Å². The molecule has 0 heterocycles. The van der Waals surface area contributed by atoms with E-state index in [1.165, 1.54) is 0 Å². The van der Waals surface area contributed by atoms with Crippen molar-refractivity contribution < 1.29 is 24.9 Å². The average molecular weight is 445 g/mol. The summed E-state index contributed by atoms with van der Waals surface area (Å²) in [6, 6.07) is 0. The quantitative estimate of drug-likeness (QED) is 0.607. The SMILES string of the molecule is Br.C[C@]12CC[C@@H](O)C[C@H]1CC[C@@H]1[C@@H]2C(=O)C[C@@]2(C)[C@H]1CC[C@]2(O)C(=O)CO. The third-order valence-corrected chi connectivity index (χ3v) is 9.08. The van der Waals surface area contributed by atoms with E-state index in [0.717, 1.165) is 38.5 Å². The summed E-state index contributed by atoms with van der Waals surface area (Å²) in [5.41, 5.74) is -2.40. The topological polar surface area (TPSA) is 94.8 Å². The molecule has 4 rings (SSSR count). The van der Waals surface area contributed by atoms with Gasteiger partial charge < -0.3 is 15.3 Å². The Bertz CT molecular complexity index is 638. The predicted octanol–water partition coefficient (Wildman–Crippen LogP) is 2.44. The Morgan fingerprint density at radius 2 is 1.85 bits per heavy atom. The number of hydrogen-bond acceptors (Lipinski definition) is 5. The highest BCUT2D eigenvalue weighted by Gasteiger charge is 2.68. The molecule has 6 heteroatoms. The molecule has 4 saturated carbocycles. The van der Waals surface area contributed by atoms with Crippen LogP contribution in [0.15, 0.2) is 0 Å². The van der Waals surface area contributed by atoms with Gasteiger partial charge in [-0.1, -0.05) is 13.8 Å². The fourth-order valence-electron chi connectivity index (χ4n) is 7.64. The summed E-state index contributed by atoms with van der Waals surface area (Å²) in [6.07, 6.45) is 5.47. The fourth-order valence-corrected chi connectivity index (χ4v) is 7.64. The minimum Gasteiger partial charge on any atom is -0.393 e. The normalized spacial score (nSPS) is 51.6. The molecule has 4 aliphatic rings. The van der Waals surface area contributed by atoms with Crippen molar-refractivity contribution in [2.24, 2.45) is 34.5 Å². The Labute approximate surface area is 171 Å². The van der Waals surface area contributed by atoms with Gasteiger partial charge in [-0.2, -0.15) is 0 Å². The molecule has 0 aromatic heterocycles. The van der Waals surface area contributed by atoms with Gasteiger partial charge in [0.2, 0.25) is 0 Å². The van der Waals surface area contributed by atoms with Crippen LogP contribution in [0.2, 0.25) is 0 Å².